The zero-order valence-corrected chi connectivity index (χ0v) is 12.1. The van der Waals surface area contributed by atoms with E-state index in [0.29, 0.717) is 18.7 Å². The third kappa shape index (κ3) is 3.17. The highest BCUT2D eigenvalue weighted by molar-refractivity contribution is 5.95. The van der Waals surface area contributed by atoms with Gasteiger partial charge in [0.05, 0.1) is 6.54 Å². The number of amides is 1. The minimum atomic E-state index is -0.0486. The van der Waals surface area contributed by atoms with Crippen molar-refractivity contribution in [2.75, 3.05) is 11.9 Å². The Morgan fingerprint density at radius 1 is 1.40 bits per heavy atom. The van der Waals surface area contributed by atoms with Gasteiger partial charge in [0, 0.05) is 37.2 Å². The SMILES string of the molecule is CCNC(=O)c1ccc(C)c(NCc2nccn2C)c1. The molecule has 5 nitrogen and oxygen atoms in total. The summed E-state index contributed by atoms with van der Waals surface area (Å²) in [4.78, 5) is 16.1. The van der Waals surface area contributed by atoms with E-state index in [0.717, 1.165) is 17.1 Å². The van der Waals surface area contributed by atoms with Crippen LogP contribution in [-0.2, 0) is 13.6 Å². The summed E-state index contributed by atoms with van der Waals surface area (Å²) < 4.78 is 1.97. The molecular formula is C15H20N4O. The van der Waals surface area contributed by atoms with Gasteiger partial charge in [-0.05, 0) is 31.5 Å². The summed E-state index contributed by atoms with van der Waals surface area (Å²) in [6.45, 7) is 5.18. The second kappa shape index (κ2) is 6.23. The fourth-order valence-corrected chi connectivity index (χ4v) is 1.96. The van der Waals surface area contributed by atoms with Gasteiger partial charge in [0.2, 0.25) is 0 Å². The van der Waals surface area contributed by atoms with E-state index in [9.17, 15) is 4.79 Å². The van der Waals surface area contributed by atoms with Crippen LogP contribution in [0.5, 0.6) is 0 Å². The smallest absolute Gasteiger partial charge is 0.251 e. The predicted octanol–water partition coefficient (Wildman–Crippen LogP) is 2.09. The molecule has 2 aromatic rings. The molecule has 1 amide bonds. The van der Waals surface area contributed by atoms with Crippen molar-refractivity contribution < 1.29 is 4.79 Å². The van der Waals surface area contributed by atoms with Gasteiger partial charge in [0.1, 0.15) is 5.82 Å². The van der Waals surface area contributed by atoms with E-state index in [2.05, 4.69) is 15.6 Å². The first kappa shape index (κ1) is 14.1. The van der Waals surface area contributed by atoms with Crippen LogP contribution in [-0.4, -0.2) is 22.0 Å². The largest absolute Gasteiger partial charge is 0.378 e. The maximum Gasteiger partial charge on any atom is 0.251 e. The highest BCUT2D eigenvalue weighted by Crippen LogP contribution is 2.17. The fraction of sp³-hybridized carbons (Fsp3) is 0.333. The third-order valence-electron chi connectivity index (χ3n) is 3.20. The van der Waals surface area contributed by atoms with Gasteiger partial charge in [-0.1, -0.05) is 6.07 Å². The number of nitrogens with one attached hydrogen (secondary N) is 2. The first-order valence-electron chi connectivity index (χ1n) is 6.70. The van der Waals surface area contributed by atoms with Crippen molar-refractivity contribution in [3.63, 3.8) is 0 Å². The minimum absolute atomic E-state index is 0.0486. The van der Waals surface area contributed by atoms with Gasteiger partial charge in [0.25, 0.3) is 5.91 Å². The Morgan fingerprint density at radius 2 is 2.20 bits per heavy atom. The molecule has 2 rings (SSSR count). The lowest BCUT2D eigenvalue weighted by atomic mass is 10.1. The third-order valence-corrected chi connectivity index (χ3v) is 3.20. The molecule has 1 aromatic carbocycles. The maximum absolute atomic E-state index is 11.8. The summed E-state index contributed by atoms with van der Waals surface area (Å²) in [6.07, 6.45) is 3.68. The molecule has 1 heterocycles. The van der Waals surface area contributed by atoms with E-state index in [4.69, 9.17) is 0 Å². The highest BCUT2D eigenvalue weighted by atomic mass is 16.1. The molecule has 0 aliphatic heterocycles. The molecule has 0 unspecified atom stereocenters. The number of hydrogen-bond acceptors (Lipinski definition) is 3. The molecule has 0 aliphatic rings. The molecule has 5 heteroatoms. The van der Waals surface area contributed by atoms with Crippen molar-refractivity contribution in [3.05, 3.63) is 47.5 Å². The number of rotatable bonds is 5. The quantitative estimate of drug-likeness (QED) is 0.876. The van der Waals surface area contributed by atoms with Crippen molar-refractivity contribution in [3.8, 4) is 0 Å². The summed E-state index contributed by atoms with van der Waals surface area (Å²) in [5, 5.41) is 6.13. The maximum atomic E-state index is 11.8. The van der Waals surface area contributed by atoms with Crippen LogP contribution in [0.15, 0.2) is 30.6 Å². The molecule has 1 aromatic heterocycles. The number of carbonyl (C=O) groups is 1. The molecule has 0 saturated carbocycles. The number of carbonyl (C=O) groups excluding carboxylic acids is 1. The molecule has 2 N–H and O–H groups in total. The minimum Gasteiger partial charge on any atom is -0.378 e. The molecule has 0 fully saturated rings. The monoisotopic (exact) mass is 272 g/mol. The van der Waals surface area contributed by atoms with Crippen molar-refractivity contribution in [2.24, 2.45) is 7.05 Å². The van der Waals surface area contributed by atoms with Gasteiger partial charge < -0.3 is 15.2 Å². The number of benzene rings is 1. The molecule has 0 spiro atoms. The Kier molecular flexibility index (Phi) is 4.40. The summed E-state index contributed by atoms with van der Waals surface area (Å²) in [5.74, 6) is 0.903. The zero-order valence-electron chi connectivity index (χ0n) is 12.1. The average molecular weight is 272 g/mol. The Balaban J connectivity index is 2.12. The lowest BCUT2D eigenvalue weighted by Crippen LogP contribution is -2.22. The van der Waals surface area contributed by atoms with Crippen LogP contribution >= 0.6 is 0 Å². The van der Waals surface area contributed by atoms with E-state index in [1.807, 2.05) is 49.9 Å². The second-order valence-corrected chi connectivity index (χ2v) is 4.70. The molecule has 0 atom stereocenters. The lowest BCUT2D eigenvalue weighted by Gasteiger charge is -2.11. The predicted molar refractivity (Wildman–Crippen MR) is 79.7 cm³/mol. The zero-order chi connectivity index (χ0) is 14.5. The van der Waals surface area contributed by atoms with Gasteiger partial charge in [-0.2, -0.15) is 0 Å². The molecule has 0 bridgehead atoms. The van der Waals surface area contributed by atoms with Crippen molar-refractivity contribution >= 4 is 11.6 Å². The fourth-order valence-electron chi connectivity index (χ4n) is 1.96. The molecule has 0 saturated heterocycles. The van der Waals surface area contributed by atoms with E-state index in [1.165, 1.54) is 0 Å². The number of aryl methyl sites for hydroxylation is 2. The Labute approximate surface area is 119 Å². The molecule has 20 heavy (non-hydrogen) atoms. The van der Waals surface area contributed by atoms with Crippen molar-refractivity contribution in [2.45, 2.75) is 20.4 Å². The van der Waals surface area contributed by atoms with Gasteiger partial charge in [-0.15, -0.1) is 0 Å². The molecular weight excluding hydrogens is 252 g/mol. The van der Waals surface area contributed by atoms with Crippen LogP contribution in [0.25, 0.3) is 0 Å². The number of aromatic nitrogens is 2. The van der Waals surface area contributed by atoms with E-state index < -0.39 is 0 Å². The van der Waals surface area contributed by atoms with Crippen LogP contribution in [0.3, 0.4) is 0 Å². The van der Waals surface area contributed by atoms with Crippen LogP contribution in [0.4, 0.5) is 5.69 Å². The summed E-state index contributed by atoms with van der Waals surface area (Å²) in [5.41, 5.74) is 2.73. The Bertz CT molecular complexity index is 604. The second-order valence-electron chi connectivity index (χ2n) is 4.70. The summed E-state index contributed by atoms with van der Waals surface area (Å²) in [6, 6.07) is 5.67. The van der Waals surface area contributed by atoms with Gasteiger partial charge >= 0.3 is 0 Å². The Morgan fingerprint density at radius 3 is 2.85 bits per heavy atom. The van der Waals surface area contributed by atoms with Crippen LogP contribution in [0, 0.1) is 6.92 Å². The highest BCUT2D eigenvalue weighted by Gasteiger charge is 2.07. The molecule has 0 radical (unpaired) electrons. The van der Waals surface area contributed by atoms with Gasteiger partial charge in [-0.25, -0.2) is 4.98 Å². The van der Waals surface area contributed by atoms with Crippen molar-refractivity contribution in [1.82, 2.24) is 14.9 Å². The van der Waals surface area contributed by atoms with Crippen LogP contribution in [0.1, 0.15) is 28.7 Å². The number of imidazole rings is 1. The van der Waals surface area contributed by atoms with Crippen molar-refractivity contribution in [1.29, 1.82) is 0 Å². The lowest BCUT2D eigenvalue weighted by molar-refractivity contribution is 0.0956. The first-order valence-corrected chi connectivity index (χ1v) is 6.70. The summed E-state index contributed by atoms with van der Waals surface area (Å²) in [7, 11) is 1.96. The normalized spacial score (nSPS) is 10.3. The van der Waals surface area contributed by atoms with Crippen LogP contribution in [0.2, 0.25) is 0 Å². The number of anilines is 1. The standard InChI is InChI=1S/C15H20N4O/c1-4-16-15(20)12-6-5-11(2)13(9-12)18-10-14-17-7-8-19(14)3/h5-9,18H,4,10H2,1-3H3,(H,16,20). The Hall–Kier alpha value is -2.30. The van der Waals surface area contributed by atoms with Gasteiger partial charge in [0.15, 0.2) is 0 Å². The van der Waals surface area contributed by atoms with Gasteiger partial charge in [-0.3, -0.25) is 4.79 Å². The summed E-state index contributed by atoms with van der Waals surface area (Å²) >= 11 is 0. The van der Waals surface area contributed by atoms with E-state index in [-0.39, 0.29) is 5.91 Å². The number of hydrogen-bond donors (Lipinski definition) is 2. The van der Waals surface area contributed by atoms with E-state index in [1.54, 1.807) is 6.20 Å². The average Bonchev–Trinajstić information content (AvgIpc) is 2.83. The topological polar surface area (TPSA) is 59.0 Å². The molecule has 0 aliphatic carbocycles. The van der Waals surface area contributed by atoms with E-state index >= 15 is 0 Å². The number of nitrogens with zero attached hydrogens (tertiary/aromatic N) is 2. The molecule has 106 valence electrons. The first-order chi connectivity index (χ1) is 9.61. The van der Waals surface area contributed by atoms with Crippen LogP contribution < -0.4 is 10.6 Å².